The molecule has 0 spiro atoms. The third-order valence-electron chi connectivity index (χ3n) is 4.52. The van der Waals surface area contributed by atoms with Crippen LogP contribution in [0.5, 0.6) is 0 Å². The molecule has 0 saturated carbocycles. The summed E-state index contributed by atoms with van der Waals surface area (Å²) in [6.07, 6.45) is 1.62. The molecule has 136 valence electrons. The highest BCUT2D eigenvalue weighted by atomic mass is 16.5. The number of nitriles is 1. The first kappa shape index (κ1) is 18.1. The smallest absolute Gasteiger partial charge is 0.251 e. The summed E-state index contributed by atoms with van der Waals surface area (Å²) in [5.74, 6) is 1.09. The Hall–Kier alpha value is -2.72. The van der Waals surface area contributed by atoms with E-state index in [-0.39, 0.29) is 23.8 Å². The second kappa shape index (κ2) is 8.11. The van der Waals surface area contributed by atoms with Gasteiger partial charge >= 0.3 is 0 Å². The van der Waals surface area contributed by atoms with Crippen molar-refractivity contribution in [3.8, 4) is 6.07 Å². The standard InChI is InChI=1S/C19H22N4O3/c1-12(2)17-22-19(26-23-17)16(14-6-8-25-9-7-14)21-18(24)15-5-3-4-13(10-15)11-20/h3-5,10,12,14,16H,6-9H2,1-2H3,(H,21,24). The molecule has 2 aromatic rings. The van der Waals surface area contributed by atoms with E-state index in [1.165, 1.54) is 0 Å². The van der Waals surface area contributed by atoms with Crippen molar-refractivity contribution < 1.29 is 14.1 Å². The molecule has 0 aliphatic carbocycles. The number of hydrogen-bond acceptors (Lipinski definition) is 6. The van der Waals surface area contributed by atoms with E-state index in [0.29, 0.717) is 36.1 Å². The Labute approximate surface area is 152 Å². The average molecular weight is 354 g/mol. The van der Waals surface area contributed by atoms with Crippen LogP contribution in [0.4, 0.5) is 0 Å². The summed E-state index contributed by atoms with van der Waals surface area (Å²) in [6.45, 7) is 5.27. The zero-order valence-electron chi connectivity index (χ0n) is 14.9. The highest BCUT2D eigenvalue weighted by Crippen LogP contribution is 2.30. The summed E-state index contributed by atoms with van der Waals surface area (Å²) in [5, 5.41) is 16.1. The second-order valence-electron chi connectivity index (χ2n) is 6.74. The van der Waals surface area contributed by atoms with Crippen molar-refractivity contribution >= 4 is 5.91 Å². The number of aromatic nitrogens is 2. The van der Waals surface area contributed by atoms with Crippen molar-refractivity contribution in [3.63, 3.8) is 0 Å². The molecule has 7 heteroatoms. The fourth-order valence-corrected chi connectivity index (χ4v) is 2.99. The Balaban J connectivity index is 1.84. The maximum absolute atomic E-state index is 12.7. The van der Waals surface area contributed by atoms with Crippen molar-refractivity contribution in [2.24, 2.45) is 5.92 Å². The first-order valence-corrected chi connectivity index (χ1v) is 8.80. The summed E-state index contributed by atoms with van der Waals surface area (Å²) >= 11 is 0. The number of hydrogen-bond donors (Lipinski definition) is 1. The first-order chi connectivity index (χ1) is 12.6. The van der Waals surface area contributed by atoms with Crippen LogP contribution in [0, 0.1) is 17.2 Å². The third kappa shape index (κ3) is 4.09. The highest BCUT2D eigenvalue weighted by Gasteiger charge is 2.32. The number of benzene rings is 1. The summed E-state index contributed by atoms with van der Waals surface area (Å²) in [4.78, 5) is 17.2. The molecule has 1 aromatic carbocycles. The van der Waals surface area contributed by atoms with Gasteiger partial charge in [-0.15, -0.1) is 0 Å². The molecule has 1 N–H and O–H groups in total. The van der Waals surface area contributed by atoms with E-state index >= 15 is 0 Å². The molecule has 3 rings (SSSR count). The summed E-state index contributed by atoms with van der Waals surface area (Å²) in [6, 6.07) is 8.29. The Bertz CT molecular complexity index is 803. The van der Waals surface area contributed by atoms with E-state index in [1.54, 1.807) is 24.3 Å². The van der Waals surface area contributed by atoms with Gasteiger partial charge in [-0.3, -0.25) is 4.79 Å². The molecule has 1 saturated heterocycles. The minimum absolute atomic E-state index is 0.144. The lowest BCUT2D eigenvalue weighted by molar-refractivity contribution is 0.0468. The zero-order chi connectivity index (χ0) is 18.5. The number of carbonyl (C=O) groups is 1. The molecular weight excluding hydrogens is 332 g/mol. The monoisotopic (exact) mass is 354 g/mol. The maximum atomic E-state index is 12.7. The lowest BCUT2D eigenvalue weighted by atomic mass is 9.91. The van der Waals surface area contributed by atoms with E-state index in [9.17, 15) is 4.79 Å². The largest absolute Gasteiger partial charge is 0.381 e. The first-order valence-electron chi connectivity index (χ1n) is 8.80. The summed E-state index contributed by atoms with van der Waals surface area (Å²) in [7, 11) is 0. The molecule has 1 aliphatic rings. The van der Waals surface area contributed by atoms with Gasteiger partial charge in [0.25, 0.3) is 5.91 Å². The van der Waals surface area contributed by atoms with Crippen LogP contribution < -0.4 is 5.32 Å². The molecule has 2 heterocycles. The fraction of sp³-hybridized carbons (Fsp3) is 0.474. The van der Waals surface area contributed by atoms with Crippen molar-refractivity contribution in [1.82, 2.24) is 15.5 Å². The second-order valence-corrected chi connectivity index (χ2v) is 6.74. The molecule has 1 unspecified atom stereocenters. The summed E-state index contributed by atoms with van der Waals surface area (Å²) < 4.78 is 10.9. The van der Waals surface area contributed by atoms with Gasteiger partial charge in [-0.05, 0) is 37.0 Å². The normalized spacial score (nSPS) is 16.2. The van der Waals surface area contributed by atoms with Crippen LogP contribution in [0.25, 0.3) is 0 Å². The van der Waals surface area contributed by atoms with E-state index in [2.05, 4.69) is 15.5 Å². The minimum Gasteiger partial charge on any atom is -0.381 e. The van der Waals surface area contributed by atoms with Gasteiger partial charge in [0.05, 0.1) is 11.6 Å². The Morgan fingerprint density at radius 2 is 2.12 bits per heavy atom. The third-order valence-corrected chi connectivity index (χ3v) is 4.52. The van der Waals surface area contributed by atoms with Gasteiger partial charge in [0.15, 0.2) is 5.82 Å². The van der Waals surface area contributed by atoms with E-state index in [1.807, 2.05) is 19.9 Å². The van der Waals surface area contributed by atoms with Crippen LogP contribution >= 0.6 is 0 Å². The quantitative estimate of drug-likeness (QED) is 0.886. The van der Waals surface area contributed by atoms with Crippen molar-refractivity contribution in [1.29, 1.82) is 5.26 Å². The number of rotatable bonds is 5. The molecule has 1 atom stereocenters. The predicted molar refractivity (Wildman–Crippen MR) is 93.3 cm³/mol. The van der Waals surface area contributed by atoms with Gasteiger partial charge in [-0.25, -0.2) is 0 Å². The SMILES string of the molecule is CC(C)c1noc(C(NC(=O)c2cccc(C#N)c2)C2CCOCC2)n1. The molecule has 7 nitrogen and oxygen atoms in total. The minimum atomic E-state index is -0.378. The van der Waals surface area contributed by atoms with Crippen molar-refractivity contribution in [2.45, 2.75) is 38.6 Å². The van der Waals surface area contributed by atoms with Gasteiger partial charge in [-0.1, -0.05) is 25.1 Å². The number of nitrogens with zero attached hydrogens (tertiary/aromatic N) is 3. The summed E-state index contributed by atoms with van der Waals surface area (Å²) in [5.41, 5.74) is 0.879. The number of carbonyl (C=O) groups excluding carboxylic acids is 1. The Kier molecular flexibility index (Phi) is 5.64. The lowest BCUT2D eigenvalue weighted by Gasteiger charge is -2.28. The van der Waals surface area contributed by atoms with Gasteiger partial charge < -0.3 is 14.6 Å². The predicted octanol–water partition coefficient (Wildman–Crippen LogP) is 2.96. The van der Waals surface area contributed by atoms with Crippen molar-refractivity contribution in [3.05, 3.63) is 47.1 Å². The van der Waals surface area contributed by atoms with Crippen LogP contribution in [0.2, 0.25) is 0 Å². The maximum Gasteiger partial charge on any atom is 0.251 e. The molecule has 26 heavy (non-hydrogen) atoms. The number of amides is 1. The van der Waals surface area contributed by atoms with Gasteiger partial charge in [0.2, 0.25) is 5.89 Å². The van der Waals surface area contributed by atoms with Crippen LogP contribution in [0.15, 0.2) is 28.8 Å². The molecule has 1 amide bonds. The Morgan fingerprint density at radius 3 is 2.77 bits per heavy atom. The van der Waals surface area contributed by atoms with Crippen molar-refractivity contribution in [2.75, 3.05) is 13.2 Å². The number of nitrogens with one attached hydrogen (secondary N) is 1. The highest BCUT2D eigenvalue weighted by molar-refractivity contribution is 5.94. The average Bonchev–Trinajstić information content (AvgIpc) is 3.17. The fourth-order valence-electron chi connectivity index (χ4n) is 2.99. The van der Waals surface area contributed by atoms with Crippen LogP contribution in [-0.4, -0.2) is 29.3 Å². The van der Waals surface area contributed by atoms with Gasteiger partial charge in [0.1, 0.15) is 6.04 Å². The lowest BCUT2D eigenvalue weighted by Crippen LogP contribution is -2.36. The molecule has 1 fully saturated rings. The van der Waals surface area contributed by atoms with E-state index in [0.717, 1.165) is 12.8 Å². The molecule has 0 radical (unpaired) electrons. The van der Waals surface area contributed by atoms with Crippen LogP contribution in [0.1, 0.15) is 66.3 Å². The van der Waals surface area contributed by atoms with Crippen LogP contribution in [0.3, 0.4) is 0 Å². The van der Waals surface area contributed by atoms with Gasteiger partial charge in [-0.2, -0.15) is 10.2 Å². The molecule has 1 aromatic heterocycles. The van der Waals surface area contributed by atoms with E-state index < -0.39 is 0 Å². The zero-order valence-corrected chi connectivity index (χ0v) is 14.9. The number of ether oxygens (including phenoxy) is 1. The Morgan fingerprint density at radius 1 is 1.35 bits per heavy atom. The van der Waals surface area contributed by atoms with E-state index in [4.69, 9.17) is 14.5 Å². The molecule has 1 aliphatic heterocycles. The van der Waals surface area contributed by atoms with Gasteiger partial charge in [0, 0.05) is 24.7 Å². The molecule has 0 bridgehead atoms. The van der Waals surface area contributed by atoms with Crippen LogP contribution in [-0.2, 0) is 4.74 Å². The topological polar surface area (TPSA) is 101 Å². The molecular formula is C19H22N4O3.